The second kappa shape index (κ2) is 7.93. The summed E-state index contributed by atoms with van der Waals surface area (Å²) in [4.78, 5) is 11.7. The van der Waals surface area contributed by atoms with Crippen LogP contribution < -0.4 is 14.8 Å². The quantitative estimate of drug-likeness (QED) is 0.792. The molecular formula is C18H27NO6. The summed E-state index contributed by atoms with van der Waals surface area (Å²) in [7, 11) is 0. The van der Waals surface area contributed by atoms with E-state index < -0.39 is 23.7 Å². The molecule has 1 aromatic carbocycles. The number of alkyl carbamates (subject to hydrolysis) is 1. The number of hydrogen-bond donors (Lipinski definition) is 1. The molecule has 7 nitrogen and oxygen atoms in total. The molecule has 7 heteroatoms. The Morgan fingerprint density at radius 3 is 2.32 bits per heavy atom. The van der Waals surface area contributed by atoms with Crippen molar-refractivity contribution in [3.63, 3.8) is 0 Å². The molecule has 1 unspecified atom stereocenters. The fourth-order valence-electron chi connectivity index (χ4n) is 2.18. The largest absolute Gasteiger partial charge is 0.488 e. The molecule has 1 heterocycles. The lowest BCUT2D eigenvalue weighted by Crippen LogP contribution is -2.40. The number of benzene rings is 1. The SMILES string of the molecule is CC(NC(=O)OC(C)(C)C)Oc1ccc(OCC2(C)OCCO2)cc1. The van der Waals surface area contributed by atoms with E-state index in [1.807, 2.05) is 6.92 Å². The van der Waals surface area contributed by atoms with Crippen molar-refractivity contribution >= 4 is 6.09 Å². The predicted octanol–water partition coefficient (Wildman–Crippen LogP) is 3.08. The highest BCUT2D eigenvalue weighted by Crippen LogP contribution is 2.23. The summed E-state index contributed by atoms with van der Waals surface area (Å²) in [6.45, 7) is 10.5. The molecule has 2 rings (SSSR count). The summed E-state index contributed by atoms with van der Waals surface area (Å²) in [5, 5.41) is 2.62. The molecule has 0 aliphatic carbocycles. The van der Waals surface area contributed by atoms with Crippen LogP contribution >= 0.6 is 0 Å². The van der Waals surface area contributed by atoms with Crippen molar-refractivity contribution < 1.29 is 28.5 Å². The standard InChI is InChI=1S/C18H27NO6/c1-13(19-16(20)25-17(2,3)4)24-15-8-6-14(7-9-15)21-12-18(5)22-10-11-23-18/h6-9,13H,10-12H2,1-5H3,(H,19,20). The molecule has 1 saturated heterocycles. The minimum Gasteiger partial charge on any atom is -0.488 e. The molecule has 0 radical (unpaired) electrons. The van der Waals surface area contributed by atoms with Gasteiger partial charge >= 0.3 is 6.09 Å². The molecule has 1 aromatic rings. The van der Waals surface area contributed by atoms with Crippen molar-refractivity contribution in [1.29, 1.82) is 0 Å². The van der Waals surface area contributed by atoms with Crippen LogP contribution in [-0.4, -0.2) is 43.5 Å². The first-order valence-electron chi connectivity index (χ1n) is 8.32. The number of rotatable bonds is 6. The number of carbonyl (C=O) groups is 1. The van der Waals surface area contributed by atoms with Gasteiger partial charge in [-0.3, -0.25) is 5.32 Å². The van der Waals surface area contributed by atoms with Gasteiger partial charge in [0.2, 0.25) is 0 Å². The third-order valence-electron chi connectivity index (χ3n) is 3.26. The summed E-state index contributed by atoms with van der Waals surface area (Å²) in [5.41, 5.74) is -0.549. The smallest absolute Gasteiger partial charge is 0.410 e. The predicted molar refractivity (Wildman–Crippen MR) is 91.7 cm³/mol. The van der Waals surface area contributed by atoms with E-state index >= 15 is 0 Å². The first kappa shape index (κ1) is 19.3. The molecule has 140 valence electrons. The molecule has 1 N–H and O–H groups in total. The van der Waals surface area contributed by atoms with E-state index in [4.69, 9.17) is 23.7 Å². The Bertz CT molecular complexity index is 560. The molecule has 0 aromatic heterocycles. The highest BCUT2D eigenvalue weighted by Gasteiger charge is 2.31. The Kier molecular flexibility index (Phi) is 6.13. The van der Waals surface area contributed by atoms with Gasteiger partial charge in [0.1, 0.15) is 23.7 Å². The van der Waals surface area contributed by atoms with Crippen LogP contribution in [-0.2, 0) is 14.2 Å². The van der Waals surface area contributed by atoms with Crippen molar-refractivity contribution in [2.75, 3.05) is 19.8 Å². The minimum atomic E-state index is -0.693. The summed E-state index contributed by atoms with van der Waals surface area (Å²) in [6.07, 6.45) is -1.05. The first-order chi connectivity index (χ1) is 11.7. The third-order valence-corrected chi connectivity index (χ3v) is 3.26. The third kappa shape index (κ3) is 6.80. The second-order valence-corrected chi connectivity index (χ2v) is 7.00. The second-order valence-electron chi connectivity index (χ2n) is 7.00. The summed E-state index contributed by atoms with van der Waals surface area (Å²) in [5.74, 6) is 0.594. The molecule has 0 spiro atoms. The zero-order chi connectivity index (χ0) is 18.5. The zero-order valence-electron chi connectivity index (χ0n) is 15.5. The van der Waals surface area contributed by atoms with Crippen LogP contribution in [0.25, 0.3) is 0 Å². The summed E-state index contributed by atoms with van der Waals surface area (Å²) < 4.78 is 27.5. The van der Waals surface area contributed by atoms with Crippen molar-refractivity contribution in [2.24, 2.45) is 0 Å². The van der Waals surface area contributed by atoms with Crippen molar-refractivity contribution in [1.82, 2.24) is 5.32 Å². The van der Waals surface area contributed by atoms with Gasteiger partial charge in [0.05, 0.1) is 13.2 Å². The molecule has 1 aliphatic heterocycles. The Hall–Kier alpha value is -1.99. The molecule has 25 heavy (non-hydrogen) atoms. The number of carbonyl (C=O) groups excluding carboxylic acids is 1. The maximum absolute atomic E-state index is 11.7. The topological polar surface area (TPSA) is 75.3 Å². The normalized spacial score (nSPS) is 17.6. The van der Waals surface area contributed by atoms with E-state index in [9.17, 15) is 4.79 Å². The number of nitrogens with one attached hydrogen (secondary N) is 1. The molecule has 1 atom stereocenters. The van der Waals surface area contributed by atoms with E-state index in [1.54, 1.807) is 52.0 Å². The number of amides is 1. The van der Waals surface area contributed by atoms with Crippen LogP contribution in [0, 0.1) is 0 Å². The fourth-order valence-corrected chi connectivity index (χ4v) is 2.18. The summed E-state index contributed by atoms with van der Waals surface area (Å²) in [6, 6.07) is 7.10. The maximum Gasteiger partial charge on any atom is 0.410 e. The number of hydrogen-bond acceptors (Lipinski definition) is 6. The van der Waals surface area contributed by atoms with E-state index in [0.717, 1.165) is 0 Å². The van der Waals surface area contributed by atoms with E-state index in [2.05, 4.69) is 5.32 Å². The van der Waals surface area contributed by atoms with Gasteiger partial charge in [0, 0.05) is 0 Å². The Morgan fingerprint density at radius 1 is 1.20 bits per heavy atom. The number of ether oxygens (including phenoxy) is 5. The van der Waals surface area contributed by atoms with Crippen LogP contribution in [0.2, 0.25) is 0 Å². The van der Waals surface area contributed by atoms with Gasteiger partial charge in [-0.05, 0) is 58.9 Å². The van der Waals surface area contributed by atoms with E-state index in [0.29, 0.717) is 31.3 Å². The molecule has 1 fully saturated rings. The molecule has 0 saturated carbocycles. The molecule has 1 aliphatic rings. The Labute approximate surface area is 148 Å². The van der Waals surface area contributed by atoms with E-state index in [1.165, 1.54) is 0 Å². The lowest BCUT2D eigenvalue weighted by molar-refractivity contribution is -0.162. The van der Waals surface area contributed by atoms with E-state index in [-0.39, 0.29) is 0 Å². The summed E-state index contributed by atoms with van der Waals surface area (Å²) >= 11 is 0. The van der Waals surface area contributed by atoms with Crippen LogP contribution in [0.1, 0.15) is 34.6 Å². The van der Waals surface area contributed by atoms with Crippen LogP contribution in [0.3, 0.4) is 0 Å². The lowest BCUT2D eigenvalue weighted by atomic mass is 10.2. The van der Waals surface area contributed by atoms with Crippen LogP contribution in [0.5, 0.6) is 11.5 Å². The van der Waals surface area contributed by atoms with Crippen molar-refractivity contribution in [3.8, 4) is 11.5 Å². The lowest BCUT2D eigenvalue weighted by Gasteiger charge is -2.23. The van der Waals surface area contributed by atoms with Gasteiger partial charge in [-0.2, -0.15) is 0 Å². The highest BCUT2D eigenvalue weighted by molar-refractivity contribution is 5.67. The zero-order valence-corrected chi connectivity index (χ0v) is 15.5. The van der Waals surface area contributed by atoms with Crippen molar-refractivity contribution in [3.05, 3.63) is 24.3 Å². The van der Waals surface area contributed by atoms with Gasteiger partial charge in [-0.25, -0.2) is 4.79 Å². The van der Waals surface area contributed by atoms with Gasteiger partial charge in [0.25, 0.3) is 0 Å². The van der Waals surface area contributed by atoms with Crippen LogP contribution in [0.4, 0.5) is 4.79 Å². The van der Waals surface area contributed by atoms with Gasteiger partial charge in [-0.15, -0.1) is 0 Å². The maximum atomic E-state index is 11.7. The molecule has 0 bridgehead atoms. The van der Waals surface area contributed by atoms with Crippen molar-refractivity contribution in [2.45, 2.75) is 52.2 Å². The fraction of sp³-hybridized carbons (Fsp3) is 0.611. The van der Waals surface area contributed by atoms with Gasteiger partial charge < -0.3 is 23.7 Å². The Morgan fingerprint density at radius 2 is 1.76 bits per heavy atom. The highest BCUT2D eigenvalue weighted by atomic mass is 16.7. The average Bonchev–Trinajstić information content (AvgIpc) is 2.91. The molecule has 1 amide bonds. The monoisotopic (exact) mass is 353 g/mol. The minimum absolute atomic E-state index is 0.309. The van der Waals surface area contributed by atoms with Crippen LogP contribution in [0.15, 0.2) is 24.3 Å². The first-order valence-corrected chi connectivity index (χ1v) is 8.32. The average molecular weight is 353 g/mol. The van der Waals surface area contributed by atoms with Gasteiger partial charge in [0.15, 0.2) is 12.0 Å². The Balaban J connectivity index is 1.78. The van der Waals surface area contributed by atoms with Gasteiger partial charge in [-0.1, -0.05) is 0 Å². The molecular weight excluding hydrogens is 326 g/mol.